The lowest BCUT2D eigenvalue weighted by Crippen LogP contribution is -2.42. The Kier molecular flexibility index (Phi) is 3.93. The van der Waals surface area contributed by atoms with E-state index in [9.17, 15) is 8.42 Å². The molecule has 2 aliphatic heterocycles. The van der Waals surface area contributed by atoms with Gasteiger partial charge >= 0.3 is 7.12 Å². The van der Waals surface area contributed by atoms with E-state index in [0.29, 0.717) is 19.0 Å². The van der Waals surface area contributed by atoms with Gasteiger partial charge in [0.15, 0.2) is 9.84 Å². The van der Waals surface area contributed by atoms with Gasteiger partial charge in [0.25, 0.3) is 0 Å². The lowest BCUT2D eigenvalue weighted by Gasteiger charge is -2.32. The van der Waals surface area contributed by atoms with Gasteiger partial charge in [-0.1, -0.05) is 0 Å². The van der Waals surface area contributed by atoms with E-state index in [1.54, 1.807) is 12.4 Å². The lowest BCUT2D eigenvalue weighted by atomic mass is 9.81. The first-order chi connectivity index (χ1) is 10.6. The van der Waals surface area contributed by atoms with Crippen LogP contribution in [0, 0.1) is 0 Å². The van der Waals surface area contributed by atoms with Gasteiger partial charge in [0.1, 0.15) is 0 Å². The zero-order valence-corrected chi connectivity index (χ0v) is 14.8. The van der Waals surface area contributed by atoms with Crippen molar-refractivity contribution in [1.82, 2.24) is 9.97 Å². The van der Waals surface area contributed by atoms with Crippen molar-refractivity contribution in [2.75, 3.05) is 29.5 Å². The van der Waals surface area contributed by atoms with Crippen LogP contribution in [0.2, 0.25) is 0 Å². The first-order valence-electron chi connectivity index (χ1n) is 7.73. The summed E-state index contributed by atoms with van der Waals surface area (Å²) >= 11 is 0. The Hall–Kier alpha value is -1.19. The summed E-state index contributed by atoms with van der Waals surface area (Å²) in [5.74, 6) is 0.838. The van der Waals surface area contributed by atoms with Crippen LogP contribution in [0.3, 0.4) is 0 Å². The SMILES string of the molecule is CC1(C)OB(c2cnc(N3CCS(=O)(=O)CC3)nc2)OC1(C)C. The molecule has 2 saturated heterocycles. The van der Waals surface area contributed by atoms with Crippen LogP contribution in [-0.4, -0.2) is 61.3 Å². The summed E-state index contributed by atoms with van der Waals surface area (Å²) in [7, 11) is -3.40. The molecule has 0 radical (unpaired) electrons. The van der Waals surface area contributed by atoms with Gasteiger partial charge in [0.2, 0.25) is 5.95 Å². The molecule has 0 amide bonds. The van der Waals surface area contributed by atoms with Gasteiger partial charge in [-0.05, 0) is 27.7 Å². The Balaban J connectivity index is 1.71. The Morgan fingerprint density at radius 2 is 1.52 bits per heavy atom. The summed E-state index contributed by atoms with van der Waals surface area (Å²) in [6, 6.07) is 0. The van der Waals surface area contributed by atoms with E-state index < -0.39 is 28.2 Å². The van der Waals surface area contributed by atoms with Crippen molar-refractivity contribution in [3.05, 3.63) is 12.4 Å². The van der Waals surface area contributed by atoms with E-state index >= 15 is 0 Å². The van der Waals surface area contributed by atoms with Gasteiger partial charge in [-0.2, -0.15) is 0 Å². The molecule has 2 fully saturated rings. The number of hydrogen-bond donors (Lipinski definition) is 0. The molecule has 1 aromatic rings. The predicted octanol–water partition coefficient (Wildman–Crippen LogP) is 0.0106. The summed E-state index contributed by atoms with van der Waals surface area (Å²) in [5.41, 5.74) is -0.0492. The monoisotopic (exact) mass is 339 g/mol. The highest BCUT2D eigenvalue weighted by Crippen LogP contribution is 2.36. The number of hydrogen-bond acceptors (Lipinski definition) is 7. The first-order valence-corrected chi connectivity index (χ1v) is 9.55. The van der Waals surface area contributed by atoms with Gasteiger partial charge in [-0.25, -0.2) is 18.4 Å². The van der Waals surface area contributed by atoms with Crippen LogP contribution in [-0.2, 0) is 19.1 Å². The highest BCUT2D eigenvalue weighted by Gasteiger charge is 2.52. The maximum atomic E-state index is 11.5. The summed E-state index contributed by atoms with van der Waals surface area (Å²) < 4.78 is 34.9. The molecule has 2 aliphatic rings. The molecule has 0 spiro atoms. The summed E-state index contributed by atoms with van der Waals surface area (Å²) in [4.78, 5) is 10.6. The number of sulfone groups is 1. The van der Waals surface area contributed by atoms with Crippen molar-refractivity contribution in [3.8, 4) is 0 Å². The van der Waals surface area contributed by atoms with Crippen molar-refractivity contribution < 1.29 is 17.7 Å². The minimum absolute atomic E-state index is 0.148. The van der Waals surface area contributed by atoms with Crippen molar-refractivity contribution in [2.45, 2.75) is 38.9 Å². The fraction of sp³-hybridized carbons (Fsp3) is 0.714. The van der Waals surface area contributed by atoms with Crippen molar-refractivity contribution >= 4 is 28.4 Å². The van der Waals surface area contributed by atoms with E-state index in [-0.39, 0.29) is 11.5 Å². The highest BCUT2D eigenvalue weighted by atomic mass is 32.2. The van der Waals surface area contributed by atoms with Crippen LogP contribution >= 0.6 is 0 Å². The summed E-state index contributed by atoms with van der Waals surface area (Å²) in [6.45, 7) is 8.84. The van der Waals surface area contributed by atoms with Crippen molar-refractivity contribution in [1.29, 1.82) is 0 Å². The lowest BCUT2D eigenvalue weighted by molar-refractivity contribution is 0.00578. The van der Waals surface area contributed by atoms with E-state index in [1.807, 2.05) is 32.6 Å². The van der Waals surface area contributed by atoms with Crippen LogP contribution in [0.1, 0.15) is 27.7 Å². The molecule has 0 aliphatic carbocycles. The van der Waals surface area contributed by atoms with Gasteiger partial charge < -0.3 is 14.2 Å². The smallest absolute Gasteiger partial charge is 0.399 e. The standard InChI is InChI=1S/C14H22BN3O4S/c1-13(2)14(3,4)22-15(21-13)11-9-16-12(17-10-11)18-5-7-23(19,20)8-6-18/h9-10H,5-8H2,1-4H3. The molecule has 23 heavy (non-hydrogen) atoms. The van der Waals surface area contributed by atoms with Crippen molar-refractivity contribution in [3.63, 3.8) is 0 Å². The van der Waals surface area contributed by atoms with Crippen LogP contribution in [0.25, 0.3) is 0 Å². The minimum Gasteiger partial charge on any atom is -0.399 e. The summed E-state index contributed by atoms with van der Waals surface area (Å²) in [6.07, 6.45) is 3.38. The molecular formula is C14H22BN3O4S. The Bertz CT molecular complexity index is 660. The van der Waals surface area contributed by atoms with E-state index in [4.69, 9.17) is 9.31 Å². The third-order valence-corrected chi connectivity index (χ3v) is 6.42. The molecule has 0 saturated carbocycles. The van der Waals surface area contributed by atoms with Gasteiger partial charge in [-0.15, -0.1) is 0 Å². The quantitative estimate of drug-likeness (QED) is 0.702. The molecule has 7 nitrogen and oxygen atoms in total. The molecule has 0 aromatic carbocycles. The fourth-order valence-electron chi connectivity index (χ4n) is 2.51. The number of anilines is 1. The Morgan fingerprint density at radius 1 is 1.04 bits per heavy atom. The number of aromatic nitrogens is 2. The normalized spacial score (nSPS) is 25.6. The molecular weight excluding hydrogens is 317 g/mol. The van der Waals surface area contributed by atoms with Crippen LogP contribution < -0.4 is 10.4 Å². The molecule has 0 unspecified atom stereocenters. The second-order valence-electron chi connectivity index (χ2n) is 7.04. The maximum absolute atomic E-state index is 11.5. The van der Waals surface area contributed by atoms with Crippen LogP contribution in [0.5, 0.6) is 0 Å². The molecule has 1 aromatic heterocycles. The average molecular weight is 339 g/mol. The molecule has 9 heteroatoms. The molecule has 0 N–H and O–H groups in total. The maximum Gasteiger partial charge on any atom is 0.498 e. The number of nitrogens with zero attached hydrogens (tertiary/aromatic N) is 3. The third kappa shape index (κ3) is 3.22. The molecule has 0 bridgehead atoms. The minimum atomic E-state index is -2.91. The van der Waals surface area contributed by atoms with Gasteiger partial charge in [0.05, 0.1) is 22.7 Å². The second kappa shape index (κ2) is 5.42. The largest absolute Gasteiger partial charge is 0.498 e. The summed E-state index contributed by atoms with van der Waals surface area (Å²) in [5, 5.41) is 0. The van der Waals surface area contributed by atoms with Crippen molar-refractivity contribution in [2.24, 2.45) is 0 Å². The van der Waals surface area contributed by atoms with Gasteiger partial charge in [-0.3, -0.25) is 0 Å². The van der Waals surface area contributed by atoms with E-state index in [0.717, 1.165) is 5.46 Å². The number of rotatable bonds is 2. The molecule has 0 atom stereocenters. The molecule has 126 valence electrons. The van der Waals surface area contributed by atoms with Crippen LogP contribution in [0.4, 0.5) is 5.95 Å². The Labute approximate surface area is 137 Å². The third-order valence-electron chi connectivity index (χ3n) is 4.81. The first kappa shape index (κ1) is 16.7. The molecule has 3 heterocycles. The van der Waals surface area contributed by atoms with E-state index in [1.165, 1.54) is 0 Å². The Morgan fingerprint density at radius 3 is 2.00 bits per heavy atom. The van der Waals surface area contributed by atoms with Crippen LogP contribution in [0.15, 0.2) is 12.4 Å². The highest BCUT2D eigenvalue weighted by molar-refractivity contribution is 7.91. The van der Waals surface area contributed by atoms with E-state index in [2.05, 4.69) is 9.97 Å². The zero-order chi connectivity index (χ0) is 16.9. The predicted molar refractivity (Wildman–Crippen MR) is 88.6 cm³/mol. The topological polar surface area (TPSA) is 81.6 Å². The molecule has 3 rings (SSSR count). The zero-order valence-electron chi connectivity index (χ0n) is 13.9. The second-order valence-corrected chi connectivity index (χ2v) is 9.35. The average Bonchev–Trinajstić information content (AvgIpc) is 2.68. The fourth-order valence-corrected chi connectivity index (χ4v) is 3.71. The van der Waals surface area contributed by atoms with Gasteiger partial charge in [0, 0.05) is 30.9 Å².